The Morgan fingerprint density at radius 2 is 2.20 bits per heavy atom. The highest BCUT2D eigenvalue weighted by Gasteiger charge is 2.20. The molecular weight excluding hydrogens is 363 g/mol. The van der Waals surface area contributed by atoms with E-state index in [2.05, 4.69) is 15.6 Å². The van der Waals surface area contributed by atoms with Gasteiger partial charge in [-0.2, -0.15) is 10.2 Å². The molecule has 0 unspecified atom stereocenters. The molecule has 2 heterocycles. The molecule has 1 N–H and O–H groups in total. The molecule has 25 heavy (non-hydrogen) atoms. The summed E-state index contributed by atoms with van der Waals surface area (Å²) in [6.45, 7) is 4.43. The van der Waals surface area contributed by atoms with Gasteiger partial charge in [-0.1, -0.05) is 23.2 Å². The number of ether oxygens (including phenoxy) is 1. The van der Waals surface area contributed by atoms with Gasteiger partial charge in [0, 0.05) is 11.3 Å². The fourth-order valence-corrected chi connectivity index (χ4v) is 3.07. The Bertz CT molecular complexity index is 845. The predicted octanol–water partition coefficient (Wildman–Crippen LogP) is 3.50. The predicted molar refractivity (Wildman–Crippen MR) is 97.6 cm³/mol. The lowest BCUT2D eigenvalue weighted by Gasteiger charge is -2.11. The number of aryl methyl sites for hydroxylation is 2. The average molecular weight is 381 g/mol. The van der Waals surface area contributed by atoms with Crippen molar-refractivity contribution in [1.82, 2.24) is 15.2 Å². The molecule has 1 amide bonds. The van der Waals surface area contributed by atoms with Gasteiger partial charge in [0.1, 0.15) is 17.3 Å². The molecule has 0 aliphatic carbocycles. The van der Waals surface area contributed by atoms with Crippen LogP contribution in [0.2, 0.25) is 10.0 Å². The number of benzene rings is 1. The highest BCUT2D eigenvalue weighted by molar-refractivity contribution is 6.43. The van der Waals surface area contributed by atoms with Crippen LogP contribution in [0.15, 0.2) is 23.3 Å². The summed E-state index contributed by atoms with van der Waals surface area (Å²) < 4.78 is 7.33. The number of amides is 1. The summed E-state index contributed by atoms with van der Waals surface area (Å²) in [6, 6.07) is 5.43. The van der Waals surface area contributed by atoms with E-state index >= 15 is 0 Å². The van der Waals surface area contributed by atoms with Crippen LogP contribution in [0.5, 0.6) is 5.75 Å². The minimum Gasteiger partial charge on any atom is -0.491 e. The molecule has 1 aliphatic rings. The largest absolute Gasteiger partial charge is 0.491 e. The number of aromatic nitrogens is 2. The van der Waals surface area contributed by atoms with Gasteiger partial charge in [0.25, 0.3) is 5.91 Å². The summed E-state index contributed by atoms with van der Waals surface area (Å²) >= 11 is 12.3. The molecule has 1 aliphatic heterocycles. The second-order valence-electron chi connectivity index (χ2n) is 5.87. The Morgan fingerprint density at radius 3 is 2.92 bits per heavy atom. The minimum absolute atomic E-state index is 0.112. The van der Waals surface area contributed by atoms with E-state index in [1.165, 1.54) is 0 Å². The van der Waals surface area contributed by atoms with Crippen LogP contribution in [0, 0.1) is 13.8 Å². The maximum absolute atomic E-state index is 12.2. The smallest absolute Gasteiger partial charge is 0.261 e. The number of hydrogen-bond acceptors (Lipinski definition) is 4. The maximum Gasteiger partial charge on any atom is 0.261 e. The molecule has 0 fully saturated rings. The molecule has 0 radical (unpaired) electrons. The molecule has 1 aromatic carbocycles. The maximum atomic E-state index is 12.2. The Balaban J connectivity index is 1.78. The van der Waals surface area contributed by atoms with Crippen LogP contribution in [0.25, 0.3) is 0 Å². The first-order valence-corrected chi connectivity index (χ1v) is 8.69. The zero-order chi connectivity index (χ0) is 18.0. The van der Waals surface area contributed by atoms with E-state index in [0.717, 1.165) is 23.4 Å². The molecule has 0 atom stereocenters. The van der Waals surface area contributed by atoms with E-state index in [0.29, 0.717) is 34.5 Å². The van der Waals surface area contributed by atoms with Crippen LogP contribution in [0.3, 0.4) is 0 Å². The topological polar surface area (TPSA) is 68.5 Å². The number of nitrogens with zero attached hydrogens (tertiary/aromatic N) is 3. The van der Waals surface area contributed by atoms with Crippen LogP contribution >= 0.6 is 23.2 Å². The van der Waals surface area contributed by atoms with Gasteiger partial charge < -0.3 is 4.74 Å². The van der Waals surface area contributed by atoms with Gasteiger partial charge in [-0.15, -0.1) is 0 Å². The Labute approximate surface area is 155 Å². The van der Waals surface area contributed by atoms with Gasteiger partial charge in [0.05, 0.1) is 23.0 Å². The van der Waals surface area contributed by atoms with Gasteiger partial charge in [-0.25, -0.2) is 5.43 Å². The average Bonchev–Trinajstić information content (AvgIpc) is 2.77. The van der Waals surface area contributed by atoms with Crippen molar-refractivity contribution in [2.45, 2.75) is 33.2 Å². The van der Waals surface area contributed by atoms with E-state index in [1.807, 2.05) is 19.9 Å². The third-order valence-corrected chi connectivity index (χ3v) is 4.66. The summed E-state index contributed by atoms with van der Waals surface area (Å²) in [5.41, 5.74) is 5.86. The fourth-order valence-electron chi connectivity index (χ4n) is 2.70. The Kier molecular flexibility index (Phi) is 5.30. The Hall–Kier alpha value is -2.05. The van der Waals surface area contributed by atoms with Crippen molar-refractivity contribution < 1.29 is 9.53 Å². The first-order valence-electron chi connectivity index (χ1n) is 7.93. The molecule has 132 valence electrons. The van der Waals surface area contributed by atoms with Gasteiger partial charge in [0.15, 0.2) is 0 Å². The summed E-state index contributed by atoms with van der Waals surface area (Å²) in [5, 5.41) is 9.34. The van der Waals surface area contributed by atoms with E-state index in [-0.39, 0.29) is 12.5 Å². The number of rotatable bonds is 3. The molecule has 6 nitrogen and oxygen atoms in total. The summed E-state index contributed by atoms with van der Waals surface area (Å²) in [7, 11) is 0. The number of halogens is 2. The summed E-state index contributed by atoms with van der Waals surface area (Å²) in [4.78, 5) is 12.2. The molecular formula is C17H18Cl2N4O2. The van der Waals surface area contributed by atoms with Crippen LogP contribution in [-0.4, -0.2) is 28.0 Å². The normalized spacial score (nSPS) is 15.4. The van der Waals surface area contributed by atoms with E-state index in [1.54, 1.807) is 16.8 Å². The number of nitrogens with one attached hydrogen (secondary N) is 1. The lowest BCUT2D eigenvalue weighted by Crippen LogP contribution is -2.25. The molecule has 2 aromatic rings. The third-order valence-electron chi connectivity index (χ3n) is 3.88. The Morgan fingerprint density at radius 1 is 1.40 bits per heavy atom. The lowest BCUT2D eigenvalue weighted by molar-refractivity contribution is -0.121. The van der Waals surface area contributed by atoms with Crippen LogP contribution in [0.1, 0.15) is 29.8 Å². The van der Waals surface area contributed by atoms with Crippen molar-refractivity contribution in [2.24, 2.45) is 5.10 Å². The van der Waals surface area contributed by atoms with Crippen molar-refractivity contribution in [1.29, 1.82) is 0 Å². The van der Waals surface area contributed by atoms with Gasteiger partial charge in [-0.05, 0) is 44.9 Å². The first kappa shape index (κ1) is 17.8. The number of carbonyl (C=O) groups excluding carboxylic acids is 1. The van der Waals surface area contributed by atoms with Crippen molar-refractivity contribution in [3.8, 4) is 5.75 Å². The van der Waals surface area contributed by atoms with Gasteiger partial charge in [0.2, 0.25) is 0 Å². The summed E-state index contributed by atoms with van der Waals surface area (Å²) in [5.74, 6) is 0.267. The monoisotopic (exact) mass is 380 g/mol. The second kappa shape index (κ2) is 7.45. The number of fused-ring (bicyclic) bond motifs is 1. The first-order chi connectivity index (χ1) is 12.0. The van der Waals surface area contributed by atoms with Crippen molar-refractivity contribution in [2.75, 3.05) is 6.61 Å². The van der Waals surface area contributed by atoms with Gasteiger partial charge in [-0.3, -0.25) is 9.48 Å². The lowest BCUT2D eigenvalue weighted by atomic mass is 10.1. The minimum atomic E-state index is -0.245. The van der Waals surface area contributed by atoms with E-state index < -0.39 is 0 Å². The highest BCUT2D eigenvalue weighted by atomic mass is 35.5. The molecule has 0 saturated heterocycles. The zero-order valence-electron chi connectivity index (χ0n) is 14.0. The number of hydrazone groups is 1. The fraction of sp³-hybridized carbons (Fsp3) is 0.353. The summed E-state index contributed by atoms with van der Waals surface area (Å²) in [6.07, 6.45) is 1.44. The van der Waals surface area contributed by atoms with E-state index in [4.69, 9.17) is 27.9 Å². The standard InChI is InChI=1S/C17H18Cl2N4O2/c1-10-8-11(2)23(22-10)9-15(24)21-20-14-4-3-7-25-17-12(14)5-6-13(18)16(17)19/h5-6,8H,3-4,7,9H2,1-2H3,(H,21,24). The molecule has 3 rings (SSSR count). The quantitative estimate of drug-likeness (QED) is 0.828. The molecule has 0 saturated carbocycles. The van der Waals surface area contributed by atoms with E-state index in [9.17, 15) is 4.79 Å². The van der Waals surface area contributed by atoms with Crippen molar-refractivity contribution >= 4 is 34.8 Å². The molecule has 0 spiro atoms. The van der Waals surface area contributed by atoms with Crippen LogP contribution in [0.4, 0.5) is 0 Å². The molecule has 1 aromatic heterocycles. The molecule has 8 heteroatoms. The third kappa shape index (κ3) is 3.96. The van der Waals surface area contributed by atoms with Crippen LogP contribution in [-0.2, 0) is 11.3 Å². The number of hydrogen-bond donors (Lipinski definition) is 1. The second-order valence-corrected chi connectivity index (χ2v) is 6.65. The SMILES string of the molecule is Cc1cc(C)n(CC(=O)NN=C2CCCOc3c2ccc(Cl)c3Cl)n1. The highest BCUT2D eigenvalue weighted by Crippen LogP contribution is 2.37. The van der Waals surface area contributed by atoms with Crippen LogP contribution < -0.4 is 10.2 Å². The number of carbonyl (C=O) groups is 1. The van der Waals surface area contributed by atoms with Gasteiger partial charge >= 0.3 is 0 Å². The van der Waals surface area contributed by atoms with Crippen molar-refractivity contribution in [3.63, 3.8) is 0 Å². The van der Waals surface area contributed by atoms with Crippen molar-refractivity contribution in [3.05, 3.63) is 45.2 Å². The molecule has 0 bridgehead atoms. The zero-order valence-corrected chi connectivity index (χ0v) is 15.5.